The van der Waals surface area contributed by atoms with Crippen LogP contribution in [0.1, 0.15) is 16.9 Å². The van der Waals surface area contributed by atoms with Crippen molar-refractivity contribution < 1.29 is 4.79 Å². The Kier molecular flexibility index (Phi) is 3.81. The van der Waals surface area contributed by atoms with Crippen LogP contribution in [0, 0.1) is 0 Å². The number of nitrogens with two attached hydrogens (primary N) is 1. The van der Waals surface area contributed by atoms with Gasteiger partial charge >= 0.3 is 0 Å². The molecule has 0 atom stereocenters. The highest BCUT2D eigenvalue weighted by molar-refractivity contribution is 9.11. The summed E-state index contributed by atoms with van der Waals surface area (Å²) in [5, 5.41) is 0. The number of anilines is 2. The van der Waals surface area contributed by atoms with Crippen LogP contribution in [0.2, 0.25) is 0 Å². The molecule has 2 N–H and O–H groups in total. The lowest BCUT2D eigenvalue weighted by Crippen LogP contribution is -2.36. The molecule has 0 saturated heterocycles. The third-order valence-corrected chi connectivity index (χ3v) is 5.17. The SMILES string of the molecule is Nc1cccc2c1CCCN2C(=O)Cc1ccc(Br)s1. The summed E-state index contributed by atoms with van der Waals surface area (Å²) in [4.78, 5) is 15.5. The minimum atomic E-state index is 0.144. The van der Waals surface area contributed by atoms with Crippen LogP contribution in [0.15, 0.2) is 34.1 Å². The van der Waals surface area contributed by atoms with E-state index < -0.39 is 0 Å². The standard InChI is InChI=1S/C15H15BrN2OS/c16-14-7-6-10(20-14)9-15(19)18-8-2-3-11-12(17)4-1-5-13(11)18/h1,4-7H,2-3,8-9,17H2. The summed E-state index contributed by atoms with van der Waals surface area (Å²) in [6.07, 6.45) is 2.38. The molecule has 0 radical (unpaired) electrons. The van der Waals surface area contributed by atoms with Gasteiger partial charge in [0.2, 0.25) is 5.91 Å². The maximum atomic E-state index is 12.5. The highest BCUT2D eigenvalue weighted by atomic mass is 79.9. The molecule has 0 spiro atoms. The highest BCUT2D eigenvalue weighted by Gasteiger charge is 2.23. The van der Waals surface area contributed by atoms with Gasteiger partial charge in [-0.2, -0.15) is 0 Å². The first kappa shape index (κ1) is 13.6. The van der Waals surface area contributed by atoms with Crippen LogP contribution in [0.4, 0.5) is 11.4 Å². The topological polar surface area (TPSA) is 46.3 Å². The normalized spacial score (nSPS) is 14.2. The summed E-state index contributed by atoms with van der Waals surface area (Å²) < 4.78 is 1.06. The Morgan fingerprint density at radius 1 is 1.35 bits per heavy atom. The Labute approximate surface area is 130 Å². The molecule has 2 aromatic rings. The zero-order valence-electron chi connectivity index (χ0n) is 10.9. The Morgan fingerprint density at radius 2 is 2.20 bits per heavy atom. The van der Waals surface area contributed by atoms with Gasteiger partial charge in [0, 0.05) is 22.8 Å². The van der Waals surface area contributed by atoms with Crippen molar-refractivity contribution in [1.29, 1.82) is 0 Å². The third kappa shape index (κ3) is 2.60. The van der Waals surface area contributed by atoms with Crippen LogP contribution < -0.4 is 10.6 Å². The summed E-state index contributed by atoms with van der Waals surface area (Å²) in [5.41, 5.74) is 8.90. The molecule has 0 saturated carbocycles. The summed E-state index contributed by atoms with van der Waals surface area (Å²) in [7, 11) is 0. The molecule has 1 amide bonds. The van der Waals surface area contributed by atoms with Gasteiger partial charge in [-0.1, -0.05) is 6.07 Å². The molecule has 3 nitrogen and oxygen atoms in total. The summed E-state index contributed by atoms with van der Waals surface area (Å²) >= 11 is 5.04. The van der Waals surface area contributed by atoms with Crippen LogP contribution in [-0.4, -0.2) is 12.5 Å². The number of nitrogen functional groups attached to an aromatic ring is 1. The molecule has 0 unspecified atom stereocenters. The van der Waals surface area contributed by atoms with Crippen molar-refractivity contribution in [2.75, 3.05) is 17.2 Å². The van der Waals surface area contributed by atoms with Crippen molar-refractivity contribution in [3.63, 3.8) is 0 Å². The maximum absolute atomic E-state index is 12.5. The number of carbonyl (C=O) groups is 1. The van der Waals surface area contributed by atoms with Crippen LogP contribution >= 0.6 is 27.3 Å². The number of hydrogen-bond acceptors (Lipinski definition) is 3. The van der Waals surface area contributed by atoms with Gasteiger partial charge in [-0.3, -0.25) is 4.79 Å². The first-order valence-corrected chi connectivity index (χ1v) is 8.18. The van der Waals surface area contributed by atoms with Gasteiger partial charge in [-0.05, 0) is 58.6 Å². The molecule has 20 heavy (non-hydrogen) atoms. The summed E-state index contributed by atoms with van der Waals surface area (Å²) in [6, 6.07) is 9.80. The lowest BCUT2D eigenvalue weighted by molar-refractivity contribution is -0.118. The van der Waals surface area contributed by atoms with E-state index in [2.05, 4.69) is 15.9 Å². The molecule has 3 rings (SSSR count). The zero-order valence-corrected chi connectivity index (χ0v) is 13.3. The number of hydrogen-bond donors (Lipinski definition) is 1. The smallest absolute Gasteiger partial charge is 0.232 e. The van der Waals surface area contributed by atoms with E-state index >= 15 is 0 Å². The van der Waals surface area contributed by atoms with E-state index in [1.54, 1.807) is 11.3 Å². The second-order valence-corrected chi connectivity index (χ2v) is 7.42. The van der Waals surface area contributed by atoms with E-state index in [0.29, 0.717) is 6.42 Å². The second-order valence-electron chi connectivity index (χ2n) is 4.88. The van der Waals surface area contributed by atoms with Crippen LogP contribution in [0.25, 0.3) is 0 Å². The highest BCUT2D eigenvalue weighted by Crippen LogP contribution is 2.32. The Morgan fingerprint density at radius 3 is 2.95 bits per heavy atom. The van der Waals surface area contributed by atoms with Crippen LogP contribution in [-0.2, 0) is 17.6 Å². The van der Waals surface area contributed by atoms with Gasteiger partial charge in [0.15, 0.2) is 0 Å². The van der Waals surface area contributed by atoms with Gasteiger partial charge in [-0.15, -0.1) is 11.3 Å². The van der Waals surface area contributed by atoms with Gasteiger partial charge in [0.05, 0.1) is 10.2 Å². The number of amides is 1. The fourth-order valence-corrected chi connectivity index (χ4v) is 4.08. The Balaban J connectivity index is 1.85. The number of thiophene rings is 1. The minimum Gasteiger partial charge on any atom is -0.398 e. The quantitative estimate of drug-likeness (QED) is 0.840. The molecule has 0 bridgehead atoms. The van der Waals surface area contributed by atoms with E-state index in [1.165, 1.54) is 0 Å². The third-order valence-electron chi connectivity index (χ3n) is 3.54. The molecule has 1 aliphatic heterocycles. The van der Waals surface area contributed by atoms with Crippen molar-refractivity contribution >= 4 is 44.5 Å². The van der Waals surface area contributed by atoms with E-state index in [4.69, 9.17) is 5.73 Å². The van der Waals surface area contributed by atoms with Crippen molar-refractivity contribution in [2.45, 2.75) is 19.3 Å². The molecule has 1 aromatic heterocycles. The Hall–Kier alpha value is -1.33. The van der Waals surface area contributed by atoms with E-state index in [0.717, 1.165) is 45.0 Å². The zero-order chi connectivity index (χ0) is 14.1. The predicted octanol–water partition coefficient (Wildman–Crippen LogP) is 3.61. The average molecular weight is 351 g/mol. The molecule has 0 fully saturated rings. The fraction of sp³-hybridized carbons (Fsp3) is 0.267. The van der Waals surface area contributed by atoms with Crippen LogP contribution in [0.3, 0.4) is 0 Å². The molecule has 104 valence electrons. The molecule has 1 aromatic carbocycles. The second kappa shape index (κ2) is 5.58. The average Bonchev–Trinajstić information content (AvgIpc) is 2.84. The lowest BCUT2D eigenvalue weighted by Gasteiger charge is -2.30. The van der Waals surface area contributed by atoms with Gasteiger partial charge in [-0.25, -0.2) is 0 Å². The summed E-state index contributed by atoms with van der Waals surface area (Å²) in [5.74, 6) is 0.144. The van der Waals surface area contributed by atoms with E-state index in [-0.39, 0.29) is 5.91 Å². The number of fused-ring (bicyclic) bond motifs is 1. The maximum Gasteiger partial charge on any atom is 0.232 e. The number of halogens is 1. The van der Waals surface area contributed by atoms with Crippen molar-refractivity contribution in [2.24, 2.45) is 0 Å². The lowest BCUT2D eigenvalue weighted by atomic mass is 9.99. The number of rotatable bonds is 2. The minimum absolute atomic E-state index is 0.144. The Bertz CT molecular complexity index is 653. The first-order chi connectivity index (χ1) is 9.65. The molecule has 5 heteroatoms. The van der Waals surface area contributed by atoms with Crippen molar-refractivity contribution in [1.82, 2.24) is 0 Å². The van der Waals surface area contributed by atoms with Gasteiger partial charge in [0.25, 0.3) is 0 Å². The monoisotopic (exact) mass is 350 g/mol. The molecular formula is C15H15BrN2OS. The predicted molar refractivity (Wildman–Crippen MR) is 87.3 cm³/mol. The first-order valence-electron chi connectivity index (χ1n) is 6.57. The van der Waals surface area contributed by atoms with E-state index in [1.807, 2.05) is 35.2 Å². The number of carbonyl (C=O) groups excluding carboxylic acids is 1. The number of nitrogens with zero attached hydrogens (tertiary/aromatic N) is 1. The molecule has 0 aliphatic carbocycles. The summed E-state index contributed by atoms with van der Waals surface area (Å²) in [6.45, 7) is 0.780. The number of benzene rings is 1. The van der Waals surface area contributed by atoms with E-state index in [9.17, 15) is 4.79 Å². The molecule has 2 heterocycles. The van der Waals surface area contributed by atoms with Gasteiger partial charge < -0.3 is 10.6 Å². The van der Waals surface area contributed by atoms with Crippen molar-refractivity contribution in [3.8, 4) is 0 Å². The van der Waals surface area contributed by atoms with Crippen LogP contribution in [0.5, 0.6) is 0 Å². The fourth-order valence-electron chi connectivity index (χ4n) is 2.60. The molecule has 1 aliphatic rings. The largest absolute Gasteiger partial charge is 0.398 e. The van der Waals surface area contributed by atoms with Gasteiger partial charge in [0.1, 0.15) is 0 Å². The molecular weight excluding hydrogens is 336 g/mol. The van der Waals surface area contributed by atoms with Crippen molar-refractivity contribution in [3.05, 3.63) is 44.6 Å².